The van der Waals surface area contributed by atoms with Crippen LogP contribution in [0.4, 0.5) is 5.69 Å². The van der Waals surface area contributed by atoms with Gasteiger partial charge in [-0.25, -0.2) is 0 Å². The lowest BCUT2D eigenvalue weighted by Gasteiger charge is -2.17. The molecule has 116 valence electrons. The van der Waals surface area contributed by atoms with Crippen molar-refractivity contribution in [1.82, 2.24) is 0 Å². The van der Waals surface area contributed by atoms with Gasteiger partial charge >= 0.3 is 0 Å². The molecule has 0 aliphatic carbocycles. The number of carbonyl (C=O) groups excluding carboxylic acids is 1. The summed E-state index contributed by atoms with van der Waals surface area (Å²) in [5.41, 5.74) is 3.66. The van der Waals surface area contributed by atoms with Gasteiger partial charge < -0.3 is 10.1 Å². The number of benzene rings is 2. The Kier molecular flexibility index (Phi) is 5.21. The van der Waals surface area contributed by atoms with Gasteiger partial charge in [-0.2, -0.15) is 0 Å². The fourth-order valence-corrected chi connectivity index (χ4v) is 2.46. The number of aryl methyl sites for hydroxylation is 1. The molecule has 0 atom stereocenters. The molecule has 3 heteroatoms. The minimum Gasteiger partial charge on any atom is -0.493 e. The first-order valence-corrected chi connectivity index (χ1v) is 7.67. The van der Waals surface area contributed by atoms with Gasteiger partial charge in [-0.15, -0.1) is 0 Å². The molecule has 0 aliphatic heterocycles. The second kappa shape index (κ2) is 7.12. The van der Waals surface area contributed by atoms with Crippen molar-refractivity contribution in [3.63, 3.8) is 0 Å². The van der Waals surface area contributed by atoms with Gasteiger partial charge in [-0.3, -0.25) is 4.79 Å². The molecule has 0 spiro atoms. The largest absolute Gasteiger partial charge is 0.493 e. The van der Waals surface area contributed by atoms with Crippen LogP contribution in [0.3, 0.4) is 0 Å². The Hall–Kier alpha value is -2.29. The van der Waals surface area contributed by atoms with Gasteiger partial charge in [0.05, 0.1) is 12.2 Å². The summed E-state index contributed by atoms with van der Waals surface area (Å²) in [4.78, 5) is 12.6. The Morgan fingerprint density at radius 1 is 1.14 bits per heavy atom. The zero-order chi connectivity index (χ0) is 16.1. The van der Waals surface area contributed by atoms with E-state index in [0.717, 1.165) is 16.8 Å². The second-order valence-electron chi connectivity index (χ2n) is 5.58. The molecular formula is C19H23NO2. The summed E-state index contributed by atoms with van der Waals surface area (Å²) in [6.45, 7) is 8.70. The highest BCUT2D eigenvalue weighted by molar-refractivity contribution is 6.07. The van der Waals surface area contributed by atoms with Crippen molar-refractivity contribution in [1.29, 1.82) is 0 Å². The quantitative estimate of drug-likeness (QED) is 0.863. The Morgan fingerprint density at radius 3 is 2.55 bits per heavy atom. The summed E-state index contributed by atoms with van der Waals surface area (Å²) in [6, 6.07) is 13.4. The topological polar surface area (TPSA) is 38.3 Å². The summed E-state index contributed by atoms with van der Waals surface area (Å²) in [7, 11) is 0. The fraction of sp³-hybridized carbons (Fsp3) is 0.316. The van der Waals surface area contributed by atoms with Crippen LogP contribution >= 0.6 is 0 Å². The minimum absolute atomic E-state index is 0.139. The van der Waals surface area contributed by atoms with Gasteiger partial charge in [0.15, 0.2) is 0 Å². The molecular weight excluding hydrogens is 274 g/mol. The second-order valence-corrected chi connectivity index (χ2v) is 5.58. The zero-order valence-electron chi connectivity index (χ0n) is 13.6. The SMILES string of the molecule is CCOc1ccccc1C(=O)Nc1c(C)cccc1C(C)C. The van der Waals surface area contributed by atoms with Crippen LogP contribution in [0.2, 0.25) is 0 Å². The molecule has 0 radical (unpaired) electrons. The van der Waals surface area contributed by atoms with Crippen LogP contribution in [0.15, 0.2) is 42.5 Å². The number of rotatable bonds is 5. The van der Waals surface area contributed by atoms with E-state index in [-0.39, 0.29) is 5.91 Å². The van der Waals surface area contributed by atoms with Gasteiger partial charge in [0.25, 0.3) is 5.91 Å². The van der Waals surface area contributed by atoms with Crippen LogP contribution in [-0.4, -0.2) is 12.5 Å². The molecule has 0 saturated carbocycles. The summed E-state index contributed by atoms with van der Waals surface area (Å²) < 4.78 is 5.54. The smallest absolute Gasteiger partial charge is 0.259 e. The van der Waals surface area contributed by atoms with Crippen LogP contribution < -0.4 is 10.1 Å². The predicted molar refractivity (Wildman–Crippen MR) is 90.8 cm³/mol. The summed E-state index contributed by atoms with van der Waals surface area (Å²) in [5.74, 6) is 0.819. The first-order chi connectivity index (χ1) is 10.5. The lowest BCUT2D eigenvalue weighted by Crippen LogP contribution is -2.16. The first-order valence-electron chi connectivity index (χ1n) is 7.67. The van der Waals surface area contributed by atoms with Crippen molar-refractivity contribution in [2.45, 2.75) is 33.6 Å². The monoisotopic (exact) mass is 297 g/mol. The van der Waals surface area contributed by atoms with E-state index in [1.54, 1.807) is 6.07 Å². The molecule has 1 N–H and O–H groups in total. The Labute approximate surface area is 132 Å². The van der Waals surface area contributed by atoms with Crippen molar-refractivity contribution in [2.24, 2.45) is 0 Å². The van der Waals surface area contributed by atoms with Gasteiger partial charge in [-0.05, 0) is 43.0 Å². The molecule has 0 bridgehead atoms. The van der Waals surface area contributed by atoms with Crippen LogP contribution in [0.25, 0.3) is 0 Å². The molecule has 0 saturated heterocycles. The van der Waals surface area contributed by atoms with Crippen molar-refractivity contribution in [3.05, 3.63) is 59.2 Å². The highest BCUT2D eigenvalue weighted by atomic mass is 16.5. The lowest BCUT2D eigenvalue weighted by atomic mass is 9.98. The molecule has 0 heterocycles. The number of hydrogen-bond acceptors (Lipinski definition) is 2. The summed E-state index contributed by atoms with van der Waals surface area (Å²) >= 11 is 0. The third kappa shape index (κ3) is 3.48. The van der Waals surface area contributed by atoms with Crippen LogP contribution in [0, 0.1) is 6.92 Å². The molecule has 1 amide bonds. The molecule has 0 fully saturated rings. The Morgan fingerprint density at radius 2 is 1.86 bits per heavy atom. The number of anilines is 1. The maximum atomic E-state index is 12.6. The molecule has 2 aromatic carbocycles. The maximum absolute atomic E-state index is 12.6. The van der Waals surface area contributed by atoms with Gasteiger partial charge in [0.1, 0.15) is 5.75 Å². The van der Waals surface area contributed by atoms with Gasteiger partial charge in [0.2, 0.25) is 0 Å². The molecule has 0 unspecified atom stereocenters. The van der Waals surface area contributed by atoms with E-state index >= 15 is 0 Å². The Bertz CT molecular complexity index is 662. The third-order valence-electron chi connectivity index (χ3n) is 3.60. The standard InChI is InChI=1S/C19H23NO2/c1-5-22-17-12-7-6-10-16(17)19(21)20-18-14(4)9-8-11-15(18)13(2)3/h6-13H,5H2,1-4H3,(H,20,21). The average molecular weight is 297 g/mol. The minimum atomic E-state index is -0.139. The highest BCUT2D eigenvalue weighted by Gasteiger charge is 2.16. The Balaban J connectivity index is 2.34. The van der Waals surface area contributed by atoms with Crippen LogP contribution in [0.5, 0.6) is 5.75 Å². The highest BCUT2D eigenvalue weighted by Crippen LogP contribution is 2.28. The van der Waals surface area contributed by atoms with E-state index in [2.05, 4.69) is 25.2 Å². The van der Waals surface area contributed by atoms with E-state index in [0.29, 0.717) is 23.8 Å². The van der Waals surface area contributed by atoms with Crippen molar-refractivity contribution >= 4 is 11.6 Å². The average Bonchev–Trinajstić information content (AvgIpc) is 2.49. The molecule has 2 aromatic rings. The van der Waals surface area contributed by atoms with E-state index in [1.165, 1.54) is 0 Å². The number of amides is 1. The number of hydrogen-bond donors (Lipinski definition) is 1. The summed E-state index contributed by atoms with van der Waals surface area (Å²) in [5, 5.41) is 3.06. The lowest BCUT2D eigenvalue weighted by molar-refractivity contribution is 0.102. The van der Waals surface area contributed by atoms with E-state index in [9.17, 15) is 4.79 Å². The first kappa shape index (κ1) is 16.1. The van der Waals surface area contributed by atoms with Crippen LogP contribution in [-0.2, 0) is 0 Å². The number of para-hydroxylation sites is 2. The zero-order valence-corrected chi connectivity index (χ0v) is 13.6. The van der Waals surface area contributed by atoms with E-state index < -0.39 is 0 Å². The van der Waals surface area contributed by atoms with Crippen molar-refractivity contribution < 1.29 is 9.53 Å². The predicted octanol–water partition coefficient (Wildman–Crippen LogP) is 4.77. The summed E-state index contributed by atoms with van der Waals surface area (Å²) in [6.07, 6.45) is 0. The molecule has 2 rings (SSSR count). The maximum Gasteiger partial charge on any atom is 0.259 e. The molecule has 22 heavy (non-hydrogen) atoms. The van der Waals surface area contributed by atoms with Gasteiger partial charge in [0, 0.05) is 5.69 Å². The van der Waals surface area contributed by atoms with Gasteiger partial charge in [-0.1, -0.05) is 44.2 Å². The number of ether oxygens (including phenoxy) is 1. The molecule has 3 nitrogen and oxygen atoms in total. The molecule has 0 aromatic heterocycles. The third-order valence-corrected chi connectivity index (χ3v) is 3.60. The normalized spacial score (nSPS) is 10.6. The van der Waals surface area contributed by atoms with Crippen LogP contribution in [0.1, 0.15) is 48.2 Å². The number of carbonyl (C=O) groups is 1. The number of nitrogens with one attached hydrogen (secondary N) is 1. The van der Waals surface area contributed by atoms with E-state index in [1.807, 2.05) is 44.2 Å². The fourth-order valence-electron chi connectivity index (χ4n) is 2.46. The van der Waals surface area contributed by atoms with Crippen molar-refractivity contribution in [3.8, 4) is 5.75 Å². The molecule has 0 aliphatic rings. The van der Waals surface area contributed by atoms with Crippen molar-refractivity contribution in [2.75, 3.05) is 11.9 Å². The van der Waals surface area contributed by atoms with E-state index in [4.69, 9.17) is 4.74 Å².